The Morgan fingerprint density at radius 3 is 2.49 bits per heavy atom. The van der Waals surface area contributed by atoms with E-state index in [2.05, 4.69) is 21.9 Å². The lowest BCUT2D eigenvalue weighted by Crippen LogP contribution is -2.20. The van der Waals surface area contributed by atoms with Crippen LogP contribution in [0.4, 0.5) is 5.69 Å². The van der Waals surface area contributed by atoms with Crippen LogP contribution in [0.2, 0.25) is 10.0 Å². The van der Waals surface area contributed by atoms with E-state index in [-0.39, 0.29) is 25.4 Å². The topological polar surface area (TPSA) is 104 Å². The molecule has 0 saturated heterocycles. The van der Waals surface area contributed by atoms with Gasteiger partial charge in [0.15, 0.2) is 0 Å². The summed E-state index contributed by atoms with van der Waals surface area (Å²) in [6.45, 7) is 2.15. The van der Waals surface area contributed by atoms with Crippen molar-refractivity contribution in [1.82, 2.24) is 5.43 Å². The second-order valence-electron chi connectivity index (χ2n) is 7.58. The zero-order valence-electron chi connectivity index (χ0n) is 18.8. The van der Waals surface area contributed by atoms with Gasteiger partial charge in [-0.3, -0.25) is 9.59 Å². The molecule has 0 aromatic heterocycles. The van der Waals surface area contributed by atoms with Crippen LogP contribution in [0.15, 0.2) is 65.8 Å². The molecule has 0 atom stereocenters. The number of nitriles is 1. The van der Waals surface area contributed by atoms with Crippen molar-refractivity contribution < 1.29 is 14.3 Å². The van der Waals surface area contributed by atoms with Gasteiger partial charge in [0.1, 0.15) is 12.4 Å². The summed E-state index contributed by atoms with van der Waals surface area (Å²) in [5, 5.41) is 16.6. The van der Waals surface area contributed by atoms with Crippen molar-refractivity contribution in [2.75, 3.05) is 5.32 Å². The molecule has 3 aromatic carbocycles. The zero-order valence-corrected chi connectivity index (χ0v) is 20.4. The van der Waals surface area contributed by atoms with Crippen LogP contribution < -0.4 is 15.5 Å². The van der Waals surface area contributed by atoms with Gasteiger partial charge in [0, 0.05) is 34.1 Å². The third-order valence-corrected chi connectivity index (χ3v) is 5.52. The molecular formula is C26H22Cl2N4O3. The Kier molecular flexibility index (Phi) is 9.24. The van der Waals surface area contributed by atoms with Crippen molar-refractivity contribution in [3.8, 4) is 11.8 Å². The number of nitrogens with zero attached hydrogens (tertiary/aromatic N) is 2. The number of hydrogen-bond donors (Lipinski definition) is 2. The Balaban J connectivity index is 1.50. The first-order chi connectivity index (χ1) is 16.8. The molecule has 7 nitrogen and oxygen atoms in total. The van der Waals surface area contributed by atoms with Gasteiger partial charge in [-0.1, -0.05) is 41.4 Å². The van der Waals surface area contributed by atoms with Gasteiger partial charge >= 0.3 is 0 Å². The number of amides is 2. The van der Waals surface area contributed by atoms with Crippen LogP contribution in [0, 0.1) is 18.3 Å². The van der Waals surface area contributed by atoms with E-state index < -0.39 is 5.91 Å². The first kappa shape index (κ1) is 25.8. The fraction of sp³-hybridized carbons (Fsp3) is 0.154. The molecule has 0 bridgehead atoms. The molecule has 178 valence electrons. The first-order valence-corrected chi connectivity index (χ1v) is 11.4. The van der Waals surface area contributed by atoms with Crippen molar-refractivity contribution in [2.45, 2.75) is 26.4 Å². The van der Waals surface area contributed by atoms with Gasteiger partial charge in [-0.05, 0) is 60.5 Å². The molecule has 0 aliphatic rings. The number of hydrazone groups is 1. The van der Waals surface area contributed by atoms with E-state index in [1.807, 2.05) is 19.1 Å². The van der Waals surface area contributed by atoms with Gasteiger partial charge in [0.05, 0.1) is 17.8 Å². The standard InChI is InChI=1S/C26H22Cl2N4O3/c1-17-2-8-22(13-23(17)28)31-25(33)10-11-26(34)32-30-15-20-12-21(27)7-9-24(20)35-16-19-5-3-18(14-29)4-6-19/h2-9,12-13,15H,10-11,16H2,1H3,(H,31,33)(H,32,34). The number of benzene rings is 3. The Bertz CT molecular complexity index is 1280. The number of anilines is 1. The summed E-state index contributed by atoms with van der Waals surface area (Å²) in [5.74, 6) is -0.203. The highest BCUT2D eigenvalue weighted by atomic mass is 35.5. The highest BCUT2D eigenvalue weighted by Gasteiger charge is 2.08. The normalized spacial score (nSPS) is 10.6. The van der Waals surface area contributed by atoms with Crippen LogP contribution >= 0.6 is 23.2 Å². The number of nitrogens with one attached hydrogen (secondary N) is 2. The van der Waals surface area contributed by atoms with E-state index in [9.17, 15) is 9.59 Å². The molecule has 35 heavy (non-hydrogen) atoms. The van der Waals surface area contributed by atoms with Crippen molar-refractivity contribution in [3.63, 3.8) is 0 Å². The number of carbonyl (C=O) groups excluding carboxylic acids is 2. The maximum Gasteiger partial charge on any atom is 0.240 e. The zero-order chi connectivity index (χ0) is 25.2. The molecule has 0 aliphatic heterocycles. The quantitative estimate of drug-likeness (QED) is 0.289. The summed E-state index contributed by atoms with van der Waals surface area (Å²) in [5.41, 5.74) is 5.91. The number of carbonyl (C=O) groups is 2. The number of ether oxygens (including phenoxy) is 1. The molecule has 3 aromatic rings. The summed E-state index contributed by atoms with van der Waals surface area (Å²) in [4.78, 5) is 24.2. The molecule has 0 aliphatic carbocycles. The summed E-state index contributed by atoms with van der Waals surface area (Å²) < 4.78 is 5.85. The Hall–Kier alpha value is -3.86. The Morgan fingerprint density at radius 1 is 1.03 bits per heavy atom. The lowest BCUT2D eigenvalue weighted by Gasteiger charge is -2.10. The van der Waals surface area contributed by atoms with Gasteiger partial charge in [-0.15, -0.1) is 0 Å². The van der Waals surface area contributed by atoms with Gasteiger partial charge in [0.25, 0.3) is 0 Å². The Labute approximate surface area is 213 Å². The average Bonchev–Trinajstić information content (AvgIpc) is 2.85. The molecule has 0 heterocycles. The van der Waals surface area contributed by atoms with Gasteiger partial charge in [0.2, 0.25) is 11.8 Å². The number of hydrogen-bond acceptors (Lipinski definition) is 5. The molecule has 0 unspecified atom stereocenters. The smallest absolute Gasteiger partial charge is 0.240 e. The van der Waals surface area contributed by atoms with Crippen LogP contribution in [-0.4, -0.2) is 18.0 Å². The number of halogens is 2. The fourth-order valence-corrected chi connectivity index (χ4v) is 3.30. The minimum Gasteiger partial charge on any atom is -0.488 e. The molecule has 0 fully saturated rings. The monoisotopic (exact) mass is 508 g/mol. The van der Waals surface area contributed by atoms with Crippen LogP contribution in [0.3, 0.4) is 0 Å². The minimum absolute atomic E-state index is 0.0109. The molecular weight excluding hydrogens is 487 g/mol. The molecule has 0 saturated carbocycles. The largest absolute Gasteiger partial charge is 0.488 e. The fourth-order valence-electron chi connectivity index (χ4n) is 2.94. The van der Waals surface area contributed by atoms with Crippen LogP contribution in [0.25, 0.3) is 0 Å². The maximum atomic E-state index is 12.1. The predicted molar refractivity (Wildman–Crippen MR) is 137 cm³/mol. The second-order valence-corrected chi connectivity index (χ2v) is 8.43. The maximum absolute atomic E-state index is 12.1. The summed E-state index contributed by atoms with van der Waals surface area (Å²) in [6, 6.07) is 19.4. The molecule has 3 rings (SSSR count). The van der Waals surface area contributed by atoms with E-state index in [1.54, 1.807) is 48.5 Å². The second kappa shape index (κ2) is 12.6. The van der Waals surface area contributed by atoms with Crippen LogP contribution in [0.1, 0.15) is 35.1 Å². The lowest BCUT2D eigenvalue weighted by atomic mass is 10.1. The minimum atomic E-state index is -0.416. The summed E-state index contributed by atoms with van der Waals surface area (Å²) in [6.07, 6.45) is 1.37. The highest BCUT2D eigenvalue weighted by Crippen LogP contribution is 2.23. The van der Waals surface area contributed by atoms with E-state index >= 15 is 0 Å². The van der Waals surface area contributed by atoms with Crippen LogP contribution in [-0.2, 0) is 16.2 Å². The van der Waals surface area contributed by atoms with Gasteiger partial charge < -0.3 is 10.1 Å². The van der Waals surface area contributed by atoms with Gasteiger partial charge in [-0.2, -0.15) is 10.4 Å². The molecule has 2 N–H and O–H groups in total. The summed E-state index contributed by atoms with van der Waals surface area (Å²) >= 11 is 12.1. The lowest BCUT2D eigenvalue weighted by molar-refractivity contribution is -0.124. The van der Waals surface area contributed by atoms with Crippen molar-refractivity contribution in [2.24, 2.45) is 5.10 Å². The number of aryl methyl sites for hydroxylation is 1. The average molecular weight is 509 g/mol. The van der Waals surface area contributed by atoms with Crippen molar-refractivity contribution in [1.29, 1.82) is 5.26 Å². The SMILES string of the molecule is Cc1ccc(NC(=O)CCC(=O)NN=Cc2cc(Cl)ccc2OCc2ccc(C#N)cc2)cc1Cl. The Morgan fingerprint density at radius 2 is 1.77 bits per heavy atom. The first-order valence-electron chi connectivity index (χ1n) is 10.6. The highest BCUT2D eigenvalue weighted by molar-refractivity contribution is 6.31. The van der Waals surface area contributed by atoms with E-state index in [1.165, 1.54) is 6.21 Å². The van der Waals surface area contributed by atoms with E-state index in [0.29, 0.717) is 32.6 Å². The van der Waals surface area contributed by atoms with E-state index in [4.69, 9.17) is 33.2 Å². The molecule has 0 spiro atoms. The molecule has 0 radical (unpaired) electrons. The molecule has 9 heteroatoms. The van der Waals surface area contributed by atoms with Crippen LogP contribution in [0.5, 0.6) is 5.75 Å². The van der Waals surface area contributed by atoms with E-state index in [0.717, 1.165) is 11.1 Å². The van der Waals surface area contributed by atoms with Crippen molar-refractivity contribution in [3.05, 3.63) is 93.0 Å². The predicted octanol–water partition coefficient (Wildman–Crippen LogP) is 5.62. The van der Waals surface area contributed by atoms with Gasteiger partial charge in [-0.25, -0.2) is 5.43 Å². The summed E-state index contributed by atoms with van der Waals surface area (Å²) in [7, 11) is 0. The number of rotatable bonds is 9. The third-order valence-electron chi connectivity index (χ3n) is 4.88. The molecule has 2 amide bonds. The van der Waals surface area contributed by atoms with Crippen molar-refractivity contribution >= 4 is 46.9 Å². The third kappa shape index (κ3) is 8.14.